The summed E-state index contributed by atoms with van der Waals surface area (Å²) in [5.41, 5.74) is 5.86. The zero-order chi connectivity index (χ0) is 10.8. The molecule has 0 aromatic heterocycles. The van der Waals surface area contributed by atoms with Gasteiger partial charge in [-0.3, -0.25) is 4.79 Å². The SMILES string of the molecule is CCCN(C(=O)C1COCC1N)C1CC1. The van der Waals surface area contributed by atoms with Crippen LogP contribution in [0.4, 0.5) is 0 Å². The summed E-state index contributed by atoms with van der Waals surface area (Å²) < 4.78 is 5.25. The van der Waals surface area contributed by atoms with Crippen molar-refractivity contribution in [3.8, 4) is 0 Å². The molecule has 0 radical (unpaired) electrons. The molecule has 15 heavy (non-hydrogen) atoms. The van der Waals surface area contributed by atoms with E-state index in [4.69, 9.17) is 10.5 Å². The molecule has 1 aliphatic heterocycles. The van der Waals surface area contributed by atoms with Crippen LogP contribution in [0.3, 0.4) is 0 Å². The van der Waals surface area contributed by atoms with Crippen LogP contribution in [0.5, 0.6) is 0 Å². The minimum atomic E-state index is -0.101. The zero-order valence-electron chi connectivity index (χ0n) is 9.32. The number of carbonyl (C=O) groups is 1. The van der Waals surface area contributed by atoms with Crippen LogP contribution in [0.1, 0.15) is 26.2 Å². The fraction of sp³-hybridized carbons (Fsp3) is 0.909. The molecule has 1 saturated heterocycles. The van der Waals surface area contributed by atoms with E-state index in [1.807, 2.05) is 4.90 Å². The second-order valence-corrected chi connectivity index (χ2v) is 4.57. The minimum absolute atomic E-state index is 0.0999. The lowest BCUT2D eigenvalue weighted by Gasteiger charge is -2.26. The molecule has 4 heteroatoms. The molecular weight excluding hydrogens is 192 g/mol. The van der Waals surface area contributed by atoms with Gasteiger partial charge in [-0.1, -0.05) is 6.92 Å². The molecule has 1 heterocycles. The summed E-state index contributed by atoms with van der Waals surface area (Å²) in [6.45, 7) is 4.01. The van der Waals surface area contributed by atoms with Crippen molar-refractivity contribution >= 4 is 5.91 Å². The molecular formula is C11H20N2O2. The Morgan fingerprint density at radius 3 is 2.67 bits per heavy atom. The third-order valence-corrected chi connectivity index (χ3v) is 3.18. The molecule has 0 bridgehead atoms. The number of rotatable bonds is 4. The van der Waals surface area contributed by atoms with Crippen molar-refractivity contribution in [2.45, 2.75) is 38.3 Å². The second-order valence-electron chi connectivity index (χ2n) is 4.57. The van der Waals surface area contributed by atoms with Crippen molar-refractivity contribution in [1.82, 2.24) is 4.90 Å². The standard InChI is InChI=1S/C11H20N2O2/c1-2-5-13(8-3-4-8)11(14)9-6-15-7-10(9)12/h8-10H,2-7,12H2,1H3. The molecule has 1 saturated carbocycles. The monoisotopic (exact) mass is 212 g/mol. The van der Waals surface area contributed by atoms with Crippen LogP contribution in [0.25, 0.3) is 0 Å². The largest absolute Gasteiger partial charge is 0.379 e. The molecule has 0 aromatic carbocycles. The maximum atomic E-state index is 12.2. The maximum Gasteiger partial charge on any atom is 0.229 e. The Bertz CT molecular complexity index is 241. The first-order chi connectivity index (χ1) is 7.24. The van der Waals surface area contributed by atoms with Crippen LogP contribution in [0.15, 0.2) is 0 Å². The van der Waals surface area contributed by atoms with Gasteiger partial charge in [0.2, 0.25) is 5.91 Å². The highest BCUT2D eigenvalue weighted by Gasteiger charge is 2.39. The third-order valence-electron chi connectivity index (χ3n) is 3.18. The van der Waals surface area contributed by atoms with E-state index in [-0.39, 0.29) is 17.9 Å². The van der Waals surface area contributed by atoms with Gasteiger partial charge in [0.1, 0.15) is 0 Å². The van der Waals surface area contributed by atoms with Crippen molar-refractivity contribution in [3.05, 3.63) is 0 Å². The number of hydrogen-bond donors (Lipinski definition) is 1. The summed E-state index contributed by atoms with van der Waals surface area (Å²) in [4.78, 5) is 14.2. The van der Waals surface area contributed by atoms with E-state index in [1.54, 1.807) is 0 Å². The van der Waals surface area contributed by atoms with E-state index in [0.29, 0.717) is 19.3 Å². The van der Waals surface area contributed by atoms with Gasteiger partial charge >= 0.3 is 0 Å². The van der Waals surface area contributed by atoms with Crippen LogP contribution in [0.2, 0.25) is 0 Å². The van der Waals surface area contributed by atoms with Crippen molar-refractivity contribution in [3.63, 3.8) is 0 Å². The highest BCUT2D eigenvalue weighted by molar-refractivity contribution is 5.80. The number of ether oxygens (including phenoxy) is 1. The van der Waals surface area contributed by atoms with Gasteiger partial charge in [-0.15, -0.1) is 0 Å². The summed E-state index contributed by atoms with van der Waals surface area (Å²) in [5, 5.41) is 0. The van der Waals surface area contributed by atoms with Crippen LogP contribution in [-0.2, 0) is 9.53 Å². The van der Waals surface area contributed by atoms with Crippen molar-refractivity contribution in [2.24, 2.45) is 11.7 Å². The molecule has 2 aliphatic rings. The average molecular weight is 212 g/mol. The second kappa shape index (κ2) is 4.49. The molecule has 2 N–H and O–H groups in total. The molecule has 0 aromatic rings. The van der Waals surface area contributed by atoms with Gasteiger partial charge < -0.3 is 15.4 Å². The number of nitrogens with zero attached hydrogens (tertiary/aromatic N) is 1. The Balaban J connectivity index is 1.96. The fourth-order valence-corrected chi connectivity index (χ4v) is 2.14. The average Bonchev–Trinajstić information content (AvgIpc) is 2.97. The maximum absolute atomic E-state index is 12.2. The quantitative estimate of drug-likeness (QED) is 0.732. The van der Waals surface area contributed by atoms with Crippen LogP contribution in [0, 0.1) is 5.92 Å². The first-order valence-electron chi connectivity index (χ1n) is 5.87. The lowest BCUT2D eigenvalue weighted by molar-refractivity contribution is -0.136. The Morgan fingerprint density at radius 2 is 2.20 bits per heavy atom. The van der Waals surface area contributed by atoms with Gasteiger partial charge in [-0.05, 0) is 19.3 Å². The summed E-state index contributed by atoms with van der Waals surface area (Å²) in [6.07, 6.45) is 3.34. The highest BCUT2D eigenvalue weighted by Crippen LogP contribution is 2.29. The summed E-state index contributed by atoms with van der Waals surface area (Å²) in [5.74, 6) is 0.113. The Morgan fingerprint density at radius 1 is 1.47 bits per heavy atom. The van der Waals surface area contributed by atoms with Crippen molar-refractivity contribution in [1.29, 1.82) is 0 Å². The van der Waals surface area contributed by atoms with Crippen molar-refractivity contribution < 1.29 is 9.53 Å². The predicted octanol–water partition coefficient (Wildman–Crippen LogP) is 0.361. The molecule has 1 aliphatic carbocycles. The predicted molar refractivity (Wildman–Crippen MR) is 57.3 cm³/mol. The molecule has 0 spiro atoms. The number of nitrogens with two attached hydrogens (primary N) is 1. The van der Waals surface area contributed by atoms with Crippen LogP contribution in [-0.4, -0.2) is 42.6 Å². The lowest BCUT2D eigenvalue weighted by atomic mass is 10.0. The smallest absolute Gasteiger partial charge is 0.229 e. The molecule has 1 amide bonds. The number of amides is 1. The van der Waals surface area contributed by atoms with E-state index >= 15 is 0 Å². The molecule has 4 nitrogen and oxygen atoms in total. The fourth-order valence-electron chi connectivity index (χ4n) is 2.14. The van der Waals surface area contributed by atoms with Gasteiger partial charge in [0.15, 0.2) is 0 Å². The van der Waals surface area contributed by atoms with Gasteiger partial charge in [-0.2, -0.15) is 0 Å². The van der Waals surface area contributed by atoms with Gasteiger partial charge in [0, 0.05) is 18.6 Å². The molecule has 86 valence electrons. The summed E-state index contributed by atoms with van der Waals surface area (Å²) in [6, 6.07) is 0.390. The van der Waals surface area contributed by atoms with E-state index < -0.39 is 0 Å². The first-order valence-corrected chi connectivity index (χ1v) is 5.87. The molecule has 2 atom stereocenters. The Kier molecular flexibility index (Phi) is 3.26. The van der Waals surface area contributed by atoms with Crippen LogP contribution >= 0.6 is 0 Å². The number of hydrogen-bond acceptors (Lipinski definition) is 3. The van der Waals surface area contributed by atoms with E-state index in [1.165, 1.54) is 0 Å². The highest BCUT2D eigenvalue weighted by atomic mass is 16.5. The number of carbonyl (C=O) groups excluding carboxylic acids is 1. The normalized spacial score (nSPS) is 30.5. The molecule has 2 unspecified atom stereocenters. The third kappa shape index (κ3) is 2.32. The Hall–Kier alpha value is -0.610. The van der Waals surface area contributed by atoms with Gasteiger partial charge in [-0.25, -0.2) is 0 Å². The molecule has 2 rings (SSSR count). The van der Waals surface area contributed by atoms with Crippen molar-refractivity contribution in [2.75, 3.05) is 19.8 Å². The first kappa shape index (κ1) is 10.9. The minimum Gasteiger partial charge on any atom is -0.379 e. The van der Waals surface area contributed by atoms with Crippen LogP contribution < -0.4 is 5.73 Å². The lowest BCUT2D eigenvalue weighted by Crippen LogP contribution is -2.44. The van der Waals surface area contributed by atoms with E-state index in [0.717, 1.165) is 25.8 Å². The van der Waals surface area contributed by atoms with E-state index in [2.05, 4.69) is 6.92 Å². The summed E-state index contributed by atoms with van der Waals surface area (Å²) in [7, 11) is 0. The summed E-state index contributed by atoms with van der Waals surface area (Å²) >= 11 is 0. The van der Waals surface area contributed by atoms with E-state index in [9.17, 15) is 4.79 Å². The molecule has 2 fully saturated rings. The topological polar surface area (TPSA) is 55.6 Å². The Labute approximate surface area is 90.8 Å². The van der Waals surface area contributed by atoms with Gasteiger partial charge in [0.25, 0.3) is 0 Å². The zero-order valence-corrected chi connectivity index (χ0v) is 9.32. The van der Waals surface area contributed by atoms with Gasteiger partial charge in [0.05, 0.1) is 19.1 Å².